The van der Waals surface area contributed by atoms with Gasteiger partial charge in [-0.05, 0) is 42.3 Å². The number of amides is 2. The number of nitrogens with zero attached hydrogens (tertiary/aromatic N) is 2. The highest BCUT2D eigenvalue weighted by Crippen LogP contribution is 2.29. The standard InChI is InChI=1S/C24H30FN3O4/c1-17(14-23(29)26-21-9-8-20(31-2)16-22(21)32-3)15-24(30)28-12-10-27(11-13-28)19-6-4-18(25)5-7-19/h4-9,16-17H,10-15H2,1-3H3,(H,26,29)/t17-/m1/s1. The van der Waals surface area contributed by atoms with Crippen LogP contribution < -0.4 is 19.7 Å². The molecule has 1 atom stereocenters. The minimum Gasteiger partial charge on any atom is -0.497 e. The largest absolute Gasteiger partial charge is 0.497 e. The number of methoxy groups -OCH3 is 2. The molecule has 0 radical (unpaired) electrons. The molecule has 32 heavy (non-hydrogen) atoms. The summed E-state index contributed by atoms with van der Waals surface area (Å²) in [4.78, 5) is 29.1. The van der Waals surface area contributed by atoms with E-state index < -0.39 is 0 Å². The van der Waals surface area contributed by atoms with Crippen LogP contribution in [0, 0.1) is 11.7 Å². The van der Waals surface area contributed by atoms with Crippen LogP contribution in [-0.2, 0) is 9.59 Å². The van der Waals surface area contributed by atoms with Gasteiger partial charge in [0.15, 0.2) is 0 Å². The molecule has 0 bridgehead atoms. The van der Waals surface area contributed by atoms with Crippen molar-refractivity contribution in [2.24, 2.45) is 5.92 Å². The van der Waals surface area contributed by atoms with Gasteiger partial charge in [-0.3, -0.25) is 9.59 Å². The summed E-state index contributed by atoms with van der Waals surface area (Å²) in [6.07, 6.45) is 0.542. The van der Waals surface area contributed by atoms with Crippen LogP contribution >= 0.6 is 0 Å². The van der Waals surface area contributed by atoms with Crippen LogP contribution in [0.4, 0.5) is 15.8 Å². The van der Waals surface area contributed by atoms with E-state index in [0.717, 1.165) is 5.69 Å². The molecule has 0 aromatic heterocycles. The van der Waals surface area contributed by atoms with E-state index in [-0.39, 0.29) is 30.0 Å². The third kappa shape index (κ3) is 6.12. The van der Waals surface area contributed by atoms with Gasteiger partial charge in [-0.2, -0.15) is 0 Å². The van der Waals surface area contributed by atoms with Crippen molar-refractivity contribution in [2.45, 2.75) is 19.8 Å². The van der Waals surface area contributed by atoms with Gasteiger partial charge in [0.25, 0.3) is 0 Å². The zero-order valence-electron chi connectivity index (χ0n) is 18.8. The van der Waals surface area contributed by atoms with Crippen LogP contribution in [0.15, 0.2) is 42.5 Å². The fraction of sp³-hybridized carbons (Fsp3) is 0.417. The van der Waals surface area contributed by atoms with Gasteiger partial charge in [0.1, 0.15) is 17.3 Å². The zero-order valence-corrected chi connectivity index (χ0v) is 18.8. The molecule has 0 aliphatic carbocycles. The van der Waals surface area contributed by atoms with Gasteiger partial charge in [0.2, 0.25) is 11.8 Å². The van der Waals surface area contributed by atoms with Gasteiger partial charge < -0.3 is 24.6 Å². The monoisotopic (exact) mass is 443 g/mol. The molecule has 0 spiro atoms. The summed E-state index contributed by atoms with van der Waals surface area (Å²) < 4.78 is 23.6. The molecule has 2 amide bonds. The van der Waals surface area contributed by atoms with E-state index in [1.54, 1.807) is 37.4 Å². The van der Waals surface area contributed by atoms with Crippen molar-refractivity contribution in [1.82, 2.24) is 4.90 Å². The SMILES string of the molecule is COc1ccc(NC(=O)C[C@@H](C)CC(=O)N2CCN(c3ccc(F)cc3)CC2)c(OC)c1. The zero-order chi connectivity index (χ0) is 23.1. The Bertz CT molecular complexity index is 927. The highest BCUT2D eigenvalue weighted by atomic mass is 19.1. The number of hydrogen-bond donors (Lipinski definition) is 1. The lowest BCUT2D eigenvalue weighted by Crippen LogP contribution is -2.49. The maximum Gasteiger partial charge on any atom is 0.224 e. The topological polar surface area (TPSA) is 71.1 Å². The van der Waals surface area contributed by atoms with E-state index in [1.165, 1.54) is 19.2 Å². The predicted octanol–water partition coefficient (Wildman–Crippen LogP) is 3.55. The average Bonchev–Trinajstić information content (AvgIpc) is 2.79. The molecule has 1 N–H and O–H groups in total. The lowest BCUT2D eigenvalue weighted by molar-refractivity contribution is -0.132. The van der Waals surface area contributed by atoms with Gasteiger partial charge in [-0.25, -0.2) is 4.39 Å². The Labute approximate surface area is 188 Å². The first-order valence-electron chi connectivity index (χ1n) is 10.7. The molecule has 0 unspecified atom stereocenters. The third-order valence-electron chi connectivity index (χ3n) is 5.56. The second-order valence-corrected chi connectivity index (χ2v) is 7.97. The molecule has 0 saturated carbocycles. The first-order chi connectivity index (χ1) is 15.4. The van der Waals surface area contributed by atoms with Crippen LogP contribution in [0.1, 0.15) is 19.8 Å². The van der Waals surface area contributed by atoms with E-state index in [4.69, 9.17) is 9.47 Å². The summed E-state index contributed by atoms with van der Waals surface area (Å²) in [6, 6.07) is 11.6. The summed E-state index contributed by atoms with van der Waals surface area (Å²) in [5.41, 5.74) is 1.52. The Hall–Kier alpha value is -3.29. The van der Waals surface area contributed by atoms with E-state index in [9.17, 15) is 14.0 Å². The van der Waals surface area contributed by atoms with Crippen molar-refractivity contribution in [3.05, 3.63) is 48.3 Å². The second kappa shape index (κ2) is 10.8. The van der Waals surface area contributed by atoms with Crippen LogP contribution in [0.2, 0.25) is 0 Å². The predicted molar refractivity (Wildman–Crippen MR) is 122 cm³/mol. The minimum atomic E-state index is -0.258. The summed E-state index contributed by atoms with van der Waals surface area (Å²) in [5, 5.41) is 2.85. The fourth-order valence-electron chi connectivity index (χ4n) is 3.78. The molecule has 2 aromatic rings. The average molecular weight is 444 g/mol. The van der Waals surface area contributed by atoms with Crippen molar-refractivity contribution in [1.29, 1.82) is 0 Å². The Morgan fingerprint density at radius 1 is 1.00 bits per heavy atom. The molecule has 1 heterocycles. The number of ether oxygens (including phenoxy) is 2. The van der Waals surface area contributed by atoms with Crippen LogP contribution in [0.3, 0.4) is 0 Å². The maximum absolute atomic E-state index is 13.1. The smallest absolute Gasteiger partial charge is 0.224 e. The van der Waals surface area contributed by atoms with Crippen molar-refractivity contribution in [2.75, 3.05) is 50.6 Å². The summed E-state index contributed by atoms with van der Waals surface area (Å²) in [7, 11) is 3.09. The Balaban J connectivity index is 1.45. The number of rotatable bonds is 8. The van der Waals surface area contributed by atoms with E-state index in [0.29, 0.717) is 49.8 Å². The van der Waals surface area contributed by atoms with E-state index >= 15 is 0 Å². The number of piperazine rings is 1. The van der Waals surface area contributed by atoms with Crippen molar-refractivity contribution in [3.63, 3.8) is 0 Å². The fourth-order valence-corrected chi connectivity index (χ4v) is 3.78. The molecule has 172 valence electrons. The number of carbonyl (C=O) groups excluding carboxylic acids is 2. The van der Waals surface area contributed by atoms with Gasteiger partial charge >= 0.3 is 0 Å². The lowest BCUT2D eigenvalue weighted by atomic mass is 10.0. The molecule has 8 heteroatoms. The molecular weight excluding hydrogens is 413 g/mol. The van der Waals surface area contributed by atoms with Crippen molar-refractivity contribution < 1.29 is 23.5 Å². The highest BCUT2D eigenvalue weighted by Gasteiger charge is 2.23. The van der Waals surface area contributed by atoms with Crippen LogP contribution in [0.5, 0.6) is 11.5 Å². The number of benzene rings is 2. The van der Waals surface area contributed by atoms with Gasteiger partial charge in [-0.15, -0.1) is 0 Å². The summed E-state index contributed by atoms with van der Waals surface area (Å²) in [5.74, 6) is 0.674. The summed E-state index contributed by atoms with van der Waals surface area (Å²) >= 11 is 0. The Kier molecular flexibility index (Phi) is 7.92. The van der Waals surface area contributed by atoms with E-state index in [1.807, 2.05) is 11.8 Å². The number of anilines is 2. The number of halogens is 1. The number of hydrogen-bond acceptors (Lipinski definition) is 5. The molecular formula is C24H30FN3O4. The van der Waals surface area contributed by atoms with Gasteiger partial charge in [0.05, 0.1) is 19.9 Å². The summed E-state index contributed by atoms with van der Waals surface area (Å²) in [6.45, 7) is 4.51. The Morgan fingerprint density at radius 2 is 1.69 bits per heavy atom. The van der Waals surface area contributed by atoms with E-state index in [2.05, 4.69) is 10.2 Å². The molecule has 2 aromatic carbocycles. The van der Waals surface area contributed by atoms with Crippen molar-refractivity contribution >= 4 is 23.2 Å². The Morgan fingerprint density at radius 3 is 2.31 bits per heavy atom. The van der Waals surface area contributed by atoms with Crippen LogP contribution in [0.25, 0.3) is 0 Å². The maximum atomic E-state index is 13.1. The molecule has 3 rings (SSSR count). The molecule has 1 fully saturated rings. The van der Waals surface area contributed by atoms with Gasteiger partial charge in [-0.1, -0.05) is 6.92 Å². The minimum absolute atomic E-state index is 0.0473. The third-order valence-corrected chi connectivity index (χ3v) is 5.56. The normalized spacial score (nSPS) is 14.6. The first kappa shape index (κ1) is 23.4. The molecule has 1 saturated heterocycles. The molecule has 1 aliphatic rings. The highest BCUT2D eigenvalue weighted by molar-refractivity contribution is 5.93. The lowest BCUT2D eigenvalue weighted by Gasteiger charge is -2.36. The molecule has 1 aliphatic heterocycles. The molecule has 7 nitrogen and oxygen atoms in total. The second-order valence-electron chi connectivity index (χ2n) is 7.97. The first-order valence-corrected chi connectivity index (χ1v) is 10.7. The number of nitrogens with one attached hydrogen (secondary N) is 1. The quantitative estimate of drug-likeness (QED) is 0.676. The number of carbonyl (C=O) groups is 2. The van der Waals surface area contributed by atoms with Crippen LogP contribution in [-0.4, -0.2) is 57.1 Å². The van der Waals surface area contributed by atoms with Crippen molar-refractivity contribution in [3.8, 4) is 11.5 Å². The van der Waals surface area contributed by atoms with Gasteiger partial charge in [0, 0.05) is 50.8 Å².